The summed E-state index contributed by atoms with van der Waals surface area (Å²) in [6, 6.07) is 5.98. The number of anilines is 1. The SMILES string of the molecule is CC1CCCN1S(=O)(=O)c1ccc(N2C(=O)CCC2=O)cc1. The average Bonchev–Trinajstić information content (AvgIpc) is 3.06. The lowest BCUT2D eigenvalue weighted by atomic mass is 10.3. The zero-order valence-electron chi connectivity index (χ0n) is 12.4. The van der Waals surface area contributed by atoms with Gasteiger partial charge in [-0.15, -0.1) is 0 Å². The summed E-state index contributed by atoms with van der Waals surface area (Å²) in [5.74, 6) is -0.484. The molecule has 1 atom stereocenters. The third kappa shape index (κ3) is 2.44. The Bertz CT molecular complexity index is 696. The van der Waals surface area contributed by atoms with Crippen LogP contribution in [0.4, 0.5) is 5.69 Å². The number of benzene rings is 1. The molecule has 118 valence electrons. The summed E-state index contributed by atoms with van der Waals surface area (Å²) in [7, 11) is -3.51. The maximum absolute atomic E-state index is 12.6. The number of carbonyl (C=O) groups is 2. The highest BCUT2D eigenvalue weighted by atomic mass is 32.2. The van der Waals surface area contributed by atoms with Gasteiger partial charge in [-0.05, 0) is 44.0 Å². The van der Waals surface area contributed by atoms with Gasteiger partial charge in [-0.25, -0.2) is 8.42 Å². The summed E-state index contributed by atoms with van der Waals surface area (Å²) >= 11 is 0. The van der Waals surface area contributed by atoms with Gasteiger partial charge >= 0.3 is 0 Å². The predicted octanol–water partition coefficient (Wildman–Crippen LogP) is 1.51. The molecule has 2 fully saturated rings. The lowest BCUT2D eigenvalue weighted by molar-refractivity contribution is -0.121. The predicted molar refractivity (Wildman–Crippen MR) is 80.8 cm³/mol. The maximum Gasteiger partial charge on any atom is 0.243 e. The molecule has 1 aromatic rings. The van der Waals surface area contributed by atoms with Gasteiger partial charge in [-0.3, -0.25) is 14.5 Å². The van der Waals surface area contributed by atoms with E-state index in [1.165, 1.54) is 28.6 Å². The second-order valence-electron chi connectivity index (χ2n) is 5.72. The van der Waals surface area contributed by atoms with Crippen molar-refractivity contribution in [3.8, 4) is 0 Å². The molecule has 0 radical (unpaired) electrons. The first kappa shape index (κ1) is 15.2. The topological polar surface area (TPSA) is 74.8 Å². The molecule has 0 bridgehead atoms. The normalized spacial score (nSPS) is 23.5. The van der Waals surface area contributed by atoms with E-state index in [9.17, 15) is 18.0 Å². The van der Waals surface area contributed by atoms with Gasteiger partial charge < -0.3 is 0 Å². The molecule has 0 N–H and O–H groups in total. The van der Waals surface area contributed by atoms with Crippen LogP contribution in [0, 0.1) is 0 Å². The smallest absolute Gasteiger partial charge is 0.243 e. The van der Waals surface area contributed by atoms with Gasteiger partial charge in [0.15, 0.2) is 0 Å². The number of nitrogens with zero attached hydrogens (tertiary/aromatic N) is 2. The molecule has 0 aromatic heterocycles. The highest BCUT2D eigenvalue weighted by Gasteiger charge is 2.33. The molecular weight excluding hydrogens is 304 g/mol. The van der Waals surface area contributed by atoms with Gasteiger partial charge in [0.1, 0.15) is 0 Å². The lowest BCUT2D eigenvalue weighted by Crippen LogP contribution is -2.33. The largest absolute Gasteiger partial charge is 0.274 e. The van der Waals surface area contributed by atoms with Crippen molar-refractivity contribution in [3.05, 3.63) is 24.3 Å². The lowest BCUT2D eigenvalue weighted by Gasteiger charge is -2.21. The summed E-state index contributed by atoms with van der Waals surface area (Å²) in [6.45, 7) is 2.44. The average molecular weight is 322 g/mol. The summed E-state index contributed by atoms with van der Waals surface area (Å²) < 4.78 is 26.7. The van der Waals surface area contributed by atoms with Gasteiger partial charge in [-0.2, -0.15) is 4.31 Å². The molecule has 1 aromatic carbocycles. The van der Waals surface area contributed by atoms with E-state index in [0.29, 0.717) is 12.2 Å². The number of hydrogen-bond acceptors (Lipinski definition) is 4. The molecule has 2 saturated heterocycles. The molecular formula is C15H18N2O4S. The fourth-order valence-corrected chi connectivity index (χ4v) is 4.73. The van der Waals surface area contributed by atoms with E-state index >= 15 is 0 Å². The van der Waals surface area contributed by atoms with Crippen molar-refractivity contribution in [1.82, 2.24) is 4.31 Å². The van der Waals surface area contributed by atoms with E-state index in [4.69, 9.17) is 0 Å². The van der Waals surface area contributed by atoms with Crippen molar-refractivity contribution >= 4 is 27.5 Å². The summed E-state index contributed by atoms with van der Waals surface area (Å²) in [5, 5.41) is 0. The Labute approximate surface area is 129 Å². The Morgan fingerprint density at radius 3 is 2.14 bits per heavy atom. The summed E-state index contributed by atoms with van der Waals surface area (Å²) in [6.07, 6.45) is 2.16. The standard InChI is InChI=1S/C15H18N2O4S/c1-11-3-2-10-16(11)22(20,21)13-6-4-12(5-7-13)17-14(18)8-9-15(17)19/h4-7,11H,2-3,8-10H2,1H3. The molecule has 22 heavy (non-hydrogen) atoms. The fraction of sp³-hybridized carbons (Fsp3) is 0.467. The number of hydrogen-bond donors (Lipinski definition) is 0. The molecule has 2 amide bonds. The van der Waals surface area contributed by atoms with Crippen molar-refractivity contribution in [3.63, 3.8) is 0 Å². The van der Waals surface area contributed by atoms with Crippen LogP contribution in [0.2, 0.25) is 0 Å². The van der Waals surface area contributed by atoms with Crippen LogP contribution in [-0.4, -0.2) is 37.1 Å². The second kappa shape index (κ2) is 5.48. The van der Waals surface area contributed by atoms with E-state index in [1.807, 2.05) is 6.92 Å². The number of sulfonamides is 1. The van der Waals surface area contributed by atoms with Crippen LogP contribution in [0.3, 0.4) is 0 Å². The molecule has 2 aliphatic rings. The Kier molecular flexibility index (Phi) is 3.78. The summed E-state index contributed by atoms with van der Waals surface area (Å²) in [4.78, 5) is 24.7. The highest BCUT2D eigenvalue weighted by Crippen LogP contribution is 2.28. The monoisotopic (exact) mass is 322 g/mol. The molecule has 0 saturated carbocycles. The Balaban J connectivity index is 1.88. The fourth-order valence-electron chi connectivity index (χ4n) is 3.03. The van der Waals surface area contributed by atoms with Crippen LogP contribution in [0.15, 0.2) is 29.2 Å². The van der Waals surface area contributed by atoms with Crippen LogP contribution in [0.1, 0.15) is 32.6 Å². The minimum Gasteiger partial charge on any atom is -0.274 e. The molecule has 3 rings (SSSR count). The van der Waals surface area contributed by atoms with E-state index in [1.54, 1.807) is 0 Å². The zero-order valence-corrected chi connectivity index (χ0v) is 13.2. The van der Waals surface area contributed by atoms with Gasteiger partial charge in [0.25, 0.3) is 0 Å². The van der Waals surface area contributed by atoms with Crippen molar-refractivity contribution < 1.29 is 18.0 Å². The molecule has 2 aliphatic heterocycles. The Morgan fingerprint density at radius 1 is 1.05 bits per heavy atom. The molecule has 6 nitrogen and oxygen atoms in total. The first-order valence-corrected chi connectivity index (χ1v) is 8.83. The quantitative estimate of drug-likeness (QED) is 0.791. The maximum atomic E-state index is 12.6. The highest BCUT2D eigenvalue weighted by molar-refractivity contribution is 7.89. The van der Waals surface area contributed by atoms with Crippen LogP contribution in [0.5, 0.6) is 0 Å². The third-order valence-corrected chi connectivity index (χ3v) is 6.27. The van der Waals surface area contributed by atoms with E-state index in [0.717, 1.165) is 17.7 Å². The van der Waals surface area contributed by atoms with Gasteiger partial charge in [0, 0.05) is 25.4 Å². The van der Waals surface area contributed by atoms with E-state index in [2.05, 4.69) is 0 Å². The van der Waals surface area contributed by atoms with Gasteiger partial charge in [0.05, 0.1) is 10.6 Å². The number of rotatable bonds is 3. The zero-order chi connectivity index (χ0) is 15.9. The van der Waals surface area contributed by atoms with Gasteiger partial charge in [-0.1, -0.05) is 0 Å². The molecule has 1 unspecified atom stereocenters. The van der Waals surface area contributed by atoms with Crippen LogP contribution >= 0.6 is 0 Å². The van der Waals surface area contributed by atoms with E-state index < -0.39 is 10.0 Å². The first-order chi connectivity index (χ1) is 10.4. The number of amides is 2. The second-order valence-corrected chi connectivity index (χ2v) is 7.61. The number of carbonyl (C=O) groups excluding carboxylic acids is 2. The van der Waals surface area contributed by atoms with Crippen LogP contribution in [0.25, 0.3) is 0 Å². The van der Waals surface area contributed by atoms with Crippen molar-refractivity contribution in [2.75, 3.05) is 11.4 Å². The molecule has 0 aliphatic carbocycles. The Morgan fingerprint density at radius 2 is 1.64 bits per heavy atom. The number of imide groups is 1. The molecule has 0 spiro atoms. The minimum atomic E-state index is -3.51. The van der Waals surface area contributed by atoms with Crippen molar-refractivity contribution in [1.29, 1.82) is 0 Å². The van der Waals surface area contributed by atoms with E-state index in [-0.39, 0.29) is 35.6 Å². The third-order valence-electron chi connectivity index (χ3n) is 4.25. The van der Waals surface area contributed by atoms with Gasteiger partial charge in [0.2, 0.25) is 21.8 Å². The molecule has 7 heteroatoms. The Hall–Kier alpha value is -1.73. The van der Waals surface area contributed by atoms with Crippen LogP contribution < -0.4 is 4.90 Å². The van der Waals surface area contributed by atoms with Crippen molar-refractivity contribution in [2.24, 2.45) is 0 Å². The minimum absolute atomic E-state index is 0.00594. The van der Waals surface area contributed by atoms with Crippen molar-refractivity contribution in [2.45, 2.75) is 43.5 Å². The van der Waals surface area contributed by atoms with Crippen LogP contribution in [-0.2, 0) is 19.6 Å². The molecule has 2 heterocycles. The first-order valence-electron chi connectivity index (χ1n) is 7.39. The summed E-state index contributed by atoms with van der Waals surface area (Å²) in [5.41, 5.74) is 0.431.